The maximum atomic E-state index is 5.77. The number of hydrogen-bond acceptors (Lipinski definition) is 2. The molecule has 0 atom stereocenters. The average Bonchev–Trinajstić information content (AvgIpc) is 2.43. The van der Waals surface area contributed by atoms with Crippen LogP contribution in [0.5, 0.6) is 0 Å². The van der Waals surface area contributed by atoms with Crippen molar-refractivity contribution in [3.05, 3.63) is 29.0 Å². The van der Waals surface area contributed by atoms with Crippen LogP contribution in [-0.2, 0) is 6.54 Å². The minimum absolute atomic E-state index is 0.486. The van der Waals surface area contributed by atoms with Gasteiger partial charge in [0.25, 0.3) is 0 Å². The highest BCUT2D eigenvalue weighted by molar-refractivity contribution is 6.29. The number of nitrogens with zero attached hydrogens (tertiary/aromatic N) is 2. The molecule has 2 N–H and O–H groups in total. The van der Waals surface area contributed by atoms with Crippen LogP contribution < -0.4 is 10.6 Å². The van der Waals surface area contributed by atoms with Gasteiger partial charge in [-0.25, -0.2) is 4.98 Å². The Hall–Kier alpha value is -1.29. The van der Waals surface area contributed by atoms with Crippen molar-refractivity contribution in [2.45, 2.75) is 39.2 Å². The summed E-state index contributed by atoms with van der Waals surface area (Å²) in [5.74, 6) is 0.847. The summed E-state index contributed by atoms with van der Waals surface area (Å²) in [4.78, 5) is 8.33. The molecule has 4 nitrogen and oxygen atoms in total. The van der Waals surface area contributed by atoms with Crippen LogP contribution in [-0.4, -0.2) is 24.5 Å². The number of nitrogens with one attached hydrogen (secondary N) is 2. The molecule has 20 heavy (non-hydrogen) atoms. The van der Waals surface area contributed by atoms with Gasteiger partial charge in [-0.15, -0.1) is 0 Å². The molecule has 1 fully saturated rings. The first-order valence-electron chi connectivity index (χ1n) is 7.22. The Labute approximate surface area is 126 Å². The van der Waals surface area contributed by atoms with Crippen LogP contribution in [0.25, 0.3) is 0 Å². The zero-order valence-corrected chi connectivity index (χ0v) is 13.0. The molecule has 0 aromatic carbocycles. The molecule has 5 heteroatoms. The predicted octanol–water partition coefficient (Wildman–Crippen LogP) is 2.98. The lowest BCUT2D eigenvalue weighted by molar-refractivity contribution is 0.131. The maximum Gasteiger partial charge on any atom is 0.191 e. The Kier molecular flexibility index (Phi) is 5.24. The molecule has 2 rings (SSSR count). The summed E-state index contributed by atoms with van der Waals surface area (Å²) in [5.41, 5.74) is 1.57. The van der Waals surface area contributed by atoms with E-state index in [0.717, 1.165) is 18.1 Å². The summed E-state index contributed by atoms with van der Waals surface area (Å²) in [6.45, 7) is 3.97. The smallest absolute Gasteiger partial charge is 0.191 e. The van der Waals surface area contributed by atoms with Crippen molar-refractivity contribution < 1.29 is 0 Å². The van der Waals surface area contributed by atoms with Gasteiger partial charge in [-0.05, 0) is 36.3 Å². The average molecular weight is 295 g/mol. The van der Waals surface area contributed by atoms with Gasteiger partial charge in [0.1, 0.15) is 5.15 Å². The van der Waals surface area contributed by atoms with Crippen molar-refractivity contribution >= 4 is 17.6 Å². The van der Waals surface area contributed by atoms with Crippen molar-refractivity contribution in [2.75, 3.05) is 13.6 Å². The number of hydrogen-bond donors (Lipinski definition) is 2. The number of rotatable bonds is 5. The van der Waals surface area contributed by atoms with Gasteiger partial charge >= 0.3 is 0 Å². The number of halogens is 1. The molecule has 1 aromatic rings. The zero-order chi connectivity index (χ0) is 14.4. The highest BCUT2D eigenvalue weighted by Crippen LogP contribution is 2.42. The molecular formula is C15H23ClN4. The fourth-order valence-electron chi connectivity index (χ4n) is 2.52. The molecule has 1 heterocycles. The lowest BCUT2D eigenvalue weighted by Gasteiger charge is -2.41. The Morgan fingerprint density at radius 2 is 2.20 bits per heavy atom. The van der Waals surface area contributed by atoms with Gasteiger partial charge in [0.15, 0.2) is 5.96 Å². The molecule has 0 bridgehead atoms. The van der Waals surface area contributed by atoms with Gasteiger partial charge in [-0.2, -0.15) is 0 Å². The number of guanidine groups is 1. The highest BCUT2D eigenvalue weighted by atomic mass is 35.5. The predicted molar refractivity (Wildman–Crippen MR) is 84.0 cm³/mol. The highest BCUT2D eigenvalue weighted by Gasteiger charge is 2.34. The first-order valence-corrected chi connectivity index (χ1v) is 7.60. The third-order valence-corrected chi connectivity index (χ3v) is 4.49. The van der Waals surface area contributed by atoms with Crippen LogP contribution in [0.15, 0.2) is 23.3 Å². The minimum Gasteiger partial charge on any atom is -0.356 e. The van der Waals surface area contributed by atoms with E-state index in [1.807, 2.05) is 6.07 Å². The third-order valence-electron chi connectivity index (χ3n) is 4.27. The summed E-state index contributed by atoms with van der Waals surface area (Å²) in [6.07, 6.45) is 7.03. The van der Waals surface area contributed by atoms with Crippen molar-refractivity contribution in [1.82, 2.24) is 15.6 Å². The Bertz CT molecular complexity index is 446. The Balaban J connectivity index is 1.79. The molecule has 0 amide bonds. The van der Waals surface area contributed by atoms with Gasteiger partial charge in [0, 0.05) is 26.3 Å². The first-order chi connectivity index (χ1) is 9.67. The van der Waals surface area contributed by atoms with E-state index in [-0.39, 0.29) is 0 Å². The van der Waals surface area contributed by atoms with Crippen molar-refractivity contribution in [1.29, 1.82) is 0 Å². The van der Waals surface area contributed by atoms with E-state index < -0.39 is 0 Å². The summed E-state index contributed by atoms with van der Waals surface area (Å²) in [6, 6.07) is 3.77. The van der Waals surface area contributed by atoms with Gasteiger partial charge in [0.05, 0.1) is 0 Å². The number of aliphatic imine (C=N–C) groups is 1. The first kappa shape index (κ1) is 15.1. The van der Waals surface area contributed by atoms with E-state index in [0.29, 0.717) is 17.1 Å². The van der Waals surface area contributed by atoms with E-state index in [2.05, 4.69) is 27.5 Å². The van der Waals surface area contributed by atoms with Crippen LogP contribution in [0.3, 0.4) is 0 Å². The monoisotopic (exact) mass is 294 g/mol. The summed E-state index contributed by atoms with van der Waals surface area (Å²) in [7, 11) is 1.80. The SMILES string of the molecule is CCC1(CNC(=NC)NCc2ccc(Cl)nc2)CCC1. The summed E-state index contributed by atoms with van der Waals surface area (Å²) >= 11 is 5.77. The van der Waals surface area contributed by atoms with E-state index in [9.17, 15) is 0 Å². The maximum absolute atomic E-state index is 5.77. The molecule has 1 aliphatic carbocycles. The number of aromatic nitrogens is 1. The lowest BCUT2D eigenvalue weighted by Crippen LogP contribution is -2.46. The normalized spacial score (nSPS) is 17.4. The van der Waals surface area contributed by atoms with Crippen LogP contribution in [0.4, 0.5) is 0 Å². The van der Waals surface area contributed by atoms with Gasteiger partial charge in [-0.3, -0.25) is 4.99 Å². The van der Waals surface area contributed by atoms with E-state index in [1.54, 1.807) is 19.3 Å². The van der Waals surface area contributed by atoms with Gasteiger partial charge in [-0.1, -0.05) is 31.0 Å². The molecule has 1 aromatic heterocycles. The van der Waals surface area contributed by atoms with Crippen LogP contribution in [0.1, 0.15) is 38.2 Å². The van der Waals surface area contributed by atoms with E-state index in [1.165, 1.54) is 25.7 Å². The van der Waals surface area contributed by atoms with Crippen LogP contribution in [0, 0.1) is 5.41 Å². The molecule has 0 saturated heterocycles. The van der Waals surface area contributed by atoms with E-state index >= 15 is 0 Å². The Morgan fingerprint density at radius 1 is 1.40 bits per heavy atom. The molecule has 0 spiro atoms. The second-order valence-corrected chi connectivity index (χ2v) is 5.86. The van der Waals surface area contributed by atoms with Crippen LogP contribution >= 0.6 is 11.6 Å². The van der Waals surface area contributed by atoms with Gasteiger partial charge < -0.3 is 10.6 Å². The zero-order valence-electron chi connectivity index (χ0n) is 12.2. The molecule has 1 saturated carbocycles. The van der Waals surface area contributed by atoms with Crippen molar-refractivity contribution in [3.63, 3.8) is 0 Å². The fraction of sp³-hybridized carbons (Fsp3) is 0.600. The van der Waals surface area contributed by atoms with Crippen LogP contribution in [0.2, 0.25) is 5.15 Å². The summed E-state index contributed by atoms with van der Waals surface area (Å²) < 4.78 is 0. The molecule has 110 valence electrons. The molecule has 0 aliphatic heterocycles. The lowest BCUT2D eigenvalue weighted by atomic mass is 9.67. The topological polar surface area (TPSA) is 49.3 Å². The Morgan fingerprint density at radius 3 is 2.70 bits per heavy atom. The summed E-state index contributed by atoms with van der Waals surface area (Å²) in [5, 5.41) is 7.26. The molecule has 1 aliphatic rings. The minimum atomic E-state index is 0.486. The molecule has 0 radical (unpaired) electrons. The molecular weight excluding hydrogens is 272 g/mol. The van der Waals surface area contributed by atoms with Crippen molar-refractivity contribution in [2.24, 2.45) is 10.4 Å². The third kappa shape index (κ3) is 3.85. The van der Waals surface area contributed by atoms with Gasteiger partial charge in [0.2, 0.25) is 0 Å². The number of pyridine rings is 1. The standard InChI is InChI=1S/C15H23ClN4/c1-3-15(7-4-8-15)11-20-14(17-2)19-10-12-5-6-13(16)18-9-12/h5-6,9H,3-4,7-8,10-11H2,1-2H3,(H2,17,19,20). The van der Waals surface area contributed by atoms with E-state index in [4.69, 9.17) is 11.6 Å². The fourth-order valence-corrected chi connectivity index (χ4v) is 2.63. The second-order valence-electron chi connectivity index (χ2n) is 5.48. The quantitative estimate of drug-likeness (QED) is 0.499. The van der Waals surface area contributed by atoms with Crippen molar-refractivity contribution in [3.8, 4) is 0 Å². The molecule has 0 unspecified atom stereocenters. The second kappa shape index (κ2) is 6.93. The largest absolute Gasteiger partial charge is 0.356 e.